The number of Topliss-reactive ketones (excluding diaryl/α,β-unsaturated/α-hetero) is 1. The second-order valence-electron chi connectivity index (χ2n) is 8.34. The lowest BCUT2D eigenvalue weighted by Gasteiger charge is -2.14. The van der Waals surface area contributed by atoms with Crippen molar-refractivity contribution in [3.8, 4) is 11.5 Å². The zero-order valence-corrected chi connectivity index (χ0v) is 20.0. The average Bonchev–Trinajstić information content (AvgIpc) is 3.50. The Kier molecular flexibility index (Phi) is 9.93. The van der Waals surface area contributed by atoms with Crippen LogP contribution in [0.25, 0.3) is 0 Å². The van der Waals surface area contributed by atoms with Crippen LogP contribution in [0.5, 0.6) is 11.5 Å². The largest absolute Gasteiger partial charge is 0.507 e. The molecule has 11 nitrogen and oxygen atoms in total. The van der Waals surface area contributed by atoms with Gasteiger partial charge in [0.15, 0.2) is 17.4 Å². The van der Waals surface area contributed by atoms with Gasteiger partial charge >= 0.3 is 0 Å². The number of ether oxygens (including phenoxy) is 1. The molecule has 34 heavy (non-hydrogen) atoms. The number of tetrazole rings is 2. The minimum atomic E-state index is -0.142. The van der Waals surface area contributed by atoms with Crippen LogP contribution in [0.4, 0.5) is 0 Å². The Balaban J connectivity index is 1.29. The number of hydrogen-bond acceptors (Lipinski definition) is 9. The van der Waals surface area contributed by atoms with Crippen molar-refractivity contribution in [1.82, 2.24) is 40.8 Å². The third-order valence-corrected chi connectivity index (χ3v) is 5.56. The average molecular weight is 471 g/mol. The Bertz CT molecular complexity index is 1020. The maximum Gasteiger partial charge on any atom is 0.174 e. The van der Waals surface area contributed by atoms with Crippen LogP contribution in [0.1, 0.15) is 86.4 Å². The first-order valence-electron chi connectivity index (χ1n) is 12.1. The van der Waals surface area contributed by atoms with E-state index >= 15 is 0 Å². The predicted octanol–water partition coefficient (Wildman–Crippen LogP) is 3.25. The first kappa shape index (κ1) is 25.3. The number of H-pyrrole nitrogens is 1. The Labute approximate surface area is 199 Å². The van der Waals surface area contributed by atoms with Crippen LogP contribution < -0.4 is 4.74 Å². The van der Waals surface area contributed by atoms with E-state index < -0.39 is 0 Å². The summed E-state index contributed by atoms with van der Waals surface area (Å²) in [5.41, 5.74) is 1.07. The van der Waals surface area contributed by atoms with Crippen molar-refractivity contribution in [2.24, 2.45) is 0 Å². The first-order chi connectivity index (χ1) is 16.6. The summed E-state index contributed by atoms with van der Waals surface area (Å²) in [5, 5.41) is 37.0. The summed E-state index contributed by atoms with van der Waals surface area (Å²) in [4.78, 5) is 13.3. The lowest BCUT2D eigenvalue weighted by atomic mass is 10.0. The van der Waals surface area contributed by atoms with E-state index in [0.717, 1.165) is 81.5 Å². The number of ketones is 1. The maximum absolute atomic E-state index is 11.7. The van der Waals surface area contributed by atoms with Crippen LogP contribution in [0, 0.1) is 0 Å². The van der Waals surface area contributed by atoms with Gasteiger partial charge in [-0.1, -0.05) is 31.4 Å². The standard InChI is InChI=1S/C23H34N8O3/c1-3-10-19-20(14-13-18(17(2)32)23(19)33)34-16-9-5-4-6-12-22-26-30-31(27-22)15-8-7-11-21-24-28-29-25-21/h13-14,33H,3-12,15-16H2,1-2H3,(H,24,25,28,29). The molecule has 184 valence electrons. The summed E-state index contributed by atoms with van der Waals surface area (Å²) in [7, 11) is 0. The summed E-state index contributed by atoms with van der Waals surface area (Å²) in [6.45, 7) is 4.80. The molecule has 0 aliphatic carbocycles. The molecule has 2 heterocycles. The highest BCUT2D eigenvalue weighted by Gasteiger charge is 2.15. The smallest absolute Gasteiger partial charge is 0.174 e. The van der Waals surface area contributed by atoms with Crippen LogP contribution >= 0.6 is 0 Å². The highest BCUT2D eigenvalue weighted by molar-refractivity contribution is 5.97. The Hall–Kier alpha value is -3.37. The highest BCUT2D eigenvalue weighted by Crippen LogP contribution is 2.33. The number of aromatic nitrogens is 8. The van der Waals surface area contributed by atoms with Gasteiger partial charge in [-0.15, -0.1) is 20.4 Å². The number of carbonyl (C=O) groups is 1. The van der Waals surface area contributed by atoms with Gasteiger partial charge in [0.2, 0.25) is 0 Å². The number of nitrogens with zero attached hydrogens (tertiary/aromatic N) is 7. The number of benzene rings is 1. The topological polar surface area (TPSA) is 145 Å². The number of phenolic OH excluding ortho intramolecular Hbond substituents is 1. The van der Waals surface area contributed by atoms with E-state index in [1.165, 1.54) is 6.92 Å². The van der Waals surface area contributed by atoms with Gasteiger partial charge in [-0.2, -0.15) is 10.0 Å². The summed E-state index contributed by atoms with van der Waals surface area (Å²) in [6, 6.07) is 3.43. The van der Waals surface area contributed by atoms with Crippen molar-refractivity contribution in [1.29, 1.82) is 0 Å². The normalized spacial score (nSPS) is 11.1. The molecule has 0 saturated heterocycles. The van der Waals surface area contributed by atoms with Gasteiger partial charge in [-0.05, 0) is 56.4 Å². The SMILES string of the molecule is CCCc1c(OCCCCCCc2nnn(CCCCc3nn[nH]n3)n2)ccc(C(C)=O)c1O. The third kappa shape index (κ3) is 7.60. The van der Waals surface area contributed by atoms with Crippen LogP contribution in [0.15, 0.2) is 12.1 Å². The van der Waals surface area contributed by atoms with E-state index in [1.807, 2.05) is 6.92 Å². The monoisotopic (exact) mass is 470 g/mol. The molecule has 0 aliphatic heterocycles. The van der Waals surface area contributed by atoms with Crippen LogP contribution in [-0.2, 0) is 25.8 Å². The lowest BCUT2D eigenvalue weighted by molar-refractivity contribution is 0.101. The molecule has 1 aromatic carbocycles. The van der Waals surface area contributed by atoms with Crippen molar-refractivity contribution in [3.05, 3.63) is 34.9 Å². The lowest BCUT2D eigenvalue weighted by Crippen LogP contribution is -2.04. The molecule has 0 aliphatic rings. The highest BCUT2D eigenvalue weighted by atomic mass is 16.5. The molecule has 0 spiro atoms. The summed E-state index contributed by atoms with van der Waals surface area (Å²) < 4.78 is 5.92. The summed E-state index contributed by atoms with van der Waals surface area (Å²) >= 11 is 0. The van der Waals surface area contributed by atoms with Gasteiger partial charge in [0.1, 0.15) is 11.5 Å². The van der Waals surface area contributed by atoms with E-state index in [4.69, 9.17) is 4.74 Å². The molecule has 0 unspecified atom stereocenters. The van der Waals surface area contributed by atoms with Crippen molar-refractivity contribution in [3.63, 3.8) is 0 Å². The van der Waals surface area contributed by atoms with Gasteiger partial charge in [-0.25, -0.2) is 0 Å². The van der Waals surface area contributed by atoms with E-state index in [2.05, 4.69) is 36.0 Å². The zero-order valence-electron chi connectivity index (χ0n) is 20.0. The van der Waals surface area contributed by atoms with Gasteiger partial charge in [-0.3, -0.25) is 4.79 Å². The number of aryl methyl sites for hydroxylation is 3. The van der Waals surface area contributed by atoms with Gasteiger partial charge < -0.3 is 9.84 Å². The molecule has 3 rings (SSSR count). The number of aromatic hydroxyl groups is 1. The molecule has 0 fully saturated rings. The number of phenols is 1. The molecule has 2 N–H and O–H groups in total. The fourth-order valence-electron chi connectivity index (χ4n) is 3.75. The van der Waals surface area contributed by atoms with Crippen molar-refractivity contribution in [2.75, 3.05) is 6.61 Å². The zero-order chi connectivity index (χ0) is 24.2. The molecular weight excluding hydrogens is 436 g/mol. The minimum absolute atomic E-state index is 0.0550. The van der Waals surface area contributed by atoms with Crippen LogP contribution in [0.2, 0.25) is 0 Å². The first-order valence-corrected chi connectivity index (χ1v) is 12.1. The van der Waals surface area contributed by atoms with Crippen molar-refractivity contribution in [2.45, 2.75) is 84.6 Å². The van der Waals surface area contributed by atoms with E-state index in [-0.39, 0.29) is 11.5 Å². The maximum atomic E-state index is 11.7. The fraction of sp³-hybridized carbons (Fsp3) is 0.609. The molecule has 11 heteroatoms. The Morgan fingerprint density at radius 2 is 1.82 bits per heavy atom. The fourth-order valence-corrected chi connectivity index (χ4v) is 3.75. The molecular formula is C23H34N8O3. The Morgan fingerprint density at radius 1 is 1.03 bits per heavy atom. The molecule has 3 aromatic rings. The molecule has 0 saturated carbocycles. The number of nitrogens with one attached hydrogen (secondary N) is 1. The van der Waals surface area contributed by atoms with E-state index in [1.54, 1.807) is 16.9 Å². The molecule has 0 radical (unpaired) electrons. The summed E-state index contributed by atoms with van der Waals surface area (Å²) in [5.74, 6) is 2.08. The molecule has 0 bridgehead atoms. The van der Waals surface area contributed by atoms with Crippen molar-refractivity contribution >= 4 is 5.78 Å². The van der Waals surface area contributed by atoms with Gasteiger partial charge in [0.25, 0.3) is 0 Å². The van der Waals surface area contributed by atoms with Gasteiger partial charge in [0, 0.05) is 18.4 Å². The molecule has 0 amide bonds. The Morgan fingerprint density at radius 3 is 2.59 bits per heavy atom. The van der Waals surface area contributed by atoms with E-state index in [0.29, 0.717) is 24.3 Å². The van der Waals surface area contributed by atoms with Crippen molar-refractivity contribution < 1.29 is 14.6 Å². The number of aromatic amines is 1. The number of unbranched alkanes of at least 4 members (excludes halogenated alkanes) is 4. The number of rotatable bonds is 16. The second-order valence-corrected chi connectivity index (χ2v) is 8.34. The minimum Gasteiger partial charge on any atom is -0.507 e. The predicted molar refractivity (Wildman–Crippen MR) is 125 cm³/mol. The van der Waals surface area contributed by atoms with E-state index in [9.17, 15) is 9.90 Å². The number of carbonyl (C=O) groups excluding carboxylic acids is 1. The second kappa shape index (κ2) is 13.4. The third-order valence-electron chi connectivity index (χ3n) is 5.56. The van der Waals surface area contributed by atoms with Crippen LogP contribution in [-0.4, -0.2) is 58.3 Å². The quantitative estimate of drug-likeness (QED) is 0.238. The molecule has 0 atom stereocenters. The summed E-state index contributed by atoms with van der Waals surface area (Å²) in [6.07, 6.45) is 9.01. The number of hydrogen-bond donors (Lipinski definition) is 2. The molecule has 2 aromatic heterocycles. The van der Waals surface area contributed by atoms with Gasteiger partial charge in [0.05, 0.1) is 18.7 Å². The van der Waals surface area contributed by atoms with Crippen LogP contribution in [0.3, 0.4) is 0 Å².